The van der Waals surface area contributed by atoms with Crippen molar-refractivity contribution in [1.29, 1.82) is 0 Å². The van der Waals surface area contributed by atoms with E-state index in [9.17, 15) is 4.79 Å². The predicted octanol–water partition coefficient (Wildman–Crippen LogP) is 4.03. The van der Waals surface area contributed by atoms with Gasteiger partial charge in [-0.1, -0.05) is 17.7 Å². The summed E-state index contributed by atoms with van der Waals surface area (Å²) in [5.74, 6) is 0.640. The average Bonchev–Trinajstić information content (AvgIpc) is 2.60. The number of fused-ring (bicyclic) bond motifs is 1. The van der Waals surface area contributed by atoms with Crippen molar-refractivity contribution in [2.24, 2.45) is 0 Å². The molecular formula is C16H22ClNO3. The second kappa shape index (κ2) is 6.14. The van der Waals surface area contributed by atoms with Crippen LogP contribution >= 0.6 is 11.6 Å². The van der Waals surface area contributed by atoms with Gasteiger partial charge in [-0.2, -0.15) is 0 Å². The number of amides is 1. The van der Waals surface area contributed by atoms with Gasteiger partial charge in [-0.15, -0.1) is 0 Å². The summed E-state index contributed by atoms with van der Waals surface area (Å²) in [4.78, 5) is 14.0. The minimum atomic E-state index is -0.496. The molecule has 0 saturated carbocycles. The van der Waals surface area contributed by atoms with Gasteiger partial charge in [0.1, 0.15) is 11.4 Å². The second-order valence-electron chi connectivity index (χ2n) is 6.22. The molecule has 2 rings (SSSR count). The molecule has 1 aromatic rings. The van der Waals surface area contributed by atoms with Crippen molar-refractivity contribution in [2.45, 2.75) is 45.8 Å². The molecular weight excluding hydrogens is 290 g/mol. The maximum atomic E-state index is 12.3. The molecule has 0 fully saturated rings. The van der Waals surface area contributed by atoms with Crippen LogP contribution in [0, 0.1) is 0 Å². The zero-order valence-corrected chi connectivity index (χ0v) is 13.8. The van der Waals surface area contributed by atoms with E-state index in [1.54, 1.807) is 12.0 Å². The fraction of sp³-hybridized carbons (Fsp3) is 0.562. The number of ether oxygens (including phenoxy) is 2. The van der Waals surface area contributed by atoms with Crippen molar-refractivity contribution in [3.8, 4) is 5.75 Å². The molecule has 0 radical (unpaired) electrons. The van der Waals surface area contributed by atoms with Crippen LogP contribution in [0.3, 0.4) is 0 Å². The number of aryl methyl sites for hydroxylation is 1. The molecule has 0 atom stereocenters. The number of hydrogen-bond donors (Lipinski definition) is 0. The number of halogens is 1. The molecule has 1 aromatic carbocycles. The summed E-state index contributed by atoms with van der Waals surface area (Å²) < 4.78 is 10.7. The number of benzene rings is 1. The van der Waals surface area contributed by atoms with Crippen LogP contribution in [0.2, 0.25) is 5.02 Å². The predicted molar refractivity (Wildman–Crippen MR) is 83.0 cm³/mol. The number of hydrogen-bond acceptors (Lipinski definition) is 3. The van der Waals surface area contributed by atoms with Crippen molar-refractivity contribution in [3.05, 3.63) is 28.3 Å². The van der Waals surface area contributed by atoms with Crippen molar-refractivity contribution in [1.82, 2.24) is 4.90 Å². The largest absolute Gasteiger partial charge is 0.495 e. The maximum absolute atomic E-state index is 12.3. The van der Waals surface area contributed by atoms with E-state index in [1.165, 1.54) is 5.56 Å². The van der Waals surface area contributed by atoms with Crippen molar-refractivity contribution in [2.75, 3.05) is 13.7 Å². The summed E-state index contributed by atoms with van der Waals surface area (Å²) in [6.45, 7) is 6.73. The highest BCUT2D eigenvalue weighted by molar-refractivity contribution is 6.33. The normalized spacial score (nSPS) is 15.2. The third kappa shape index (κ3) is 3.82. The molecule has 1 heterocycles. The topological polar surface area (TPSA) is 38.8 Å². The van der Waals surface area contributed by atoms with E-state index in [4.69, 9.17) is 21.1 Å². The van der Waals surface area contributed by atoms with Gasteiger partial charge in [0.05, 0.1) is 18.7 Å². The molecule has 1 aliphatic heterocycles. The smallest absolute Gasteiger partial charge is 0.410 e. The Hall–Kier alpha value is -1.42. The van der Waals surface area contributed by atoms with Gasteiger partial charge >= 0.3 is 6.09 Å². The lowest BCUT2D eigenvalue weighted by Gasteiger charge is -2.27. The Balaban J connectivity index is 2.25. The van der Waals surface area contributed by atoms with E-state index in [2.05, 4.69) is 0 Å². The van der Waals surface area contributed by atoms with E-state index in [0.717, 1.165) is 18.4 Å². The van der Waals surface area contributed by atoms with Crippen molar-refractivity contribution in [3.63, 3.8) is 0 Å². The first-order valence-electron chi connectivity index (χ1n) is 7.14. The molecule has 0 N–H and O–H groups in total. The number of methoxy groups -OCH3 is 1. The van der Waals surface area contributed by atoms with Gasteiger partial charge in [0, 0.05) is 6.54 Å². The van der Waals surface area contributed by atoms with Crippen molar-refractivity contribution >= 4 is 17.7 Å². The third-order valence-corrected chi connectivity index (χ3v) is 3.81. The lowest BCUT2D eigenvalue weighted by molar-refractivity contribution is 0.0237. The summed E-state index contributed by atoms with van der Waals surface area (Å²) in [5, 5.41) is 0.588. The quantitative estimate of drug-likeness (QED) is 0.786. The van der Waals surface area contributed by atoms with Gasteiger partial charge in [-0.05, 0) is 50.8 Å². The molecule has 5 heteroatoms. The first kappa shape index (κ1) is 16.0. The molecule has 21 heavy (non-hydrogen) atoms. The minimum Gasteiger partial charge on any atom is -0.495 e. The maximum Gasteiger partial charge on any atom is 0.410 e. The van der Waals surface area contributed by atoms with E-state index in [0.29, 0.717) is 23.9 Å². The van der Waals surface area contributed by atoms with E-state index in [1.807, 2.05) is 32.9 Å². The molecule has 1 aliphatic rings. The van der Waals surface area contributed by atoms with Gasteiger partial charge in [-0.25, -0.2) is 4.79 Å². The van der Waals surface area contributed by atoms with Gasteiger partial charge in [0.15, 0.2) is 0 Å². The van der Waals surface area contributed by atoms with E-state index in [-0.39, 0.29) is 6.09 Å². The van der Waals surface area contributed by atoms with E-state index < -0.39 is 5.60 Å². The van der Waals surface area contributed by atoms with Crippen LogP contribution in [-0.2, 0) is 17.7 Å². The highest BCUT2D eigenvalue weighted by Gasteiger charge is 2.26. The van der Waals surface area contributed by atoms with E-state index >= 15 is 0 Å². The fourth-order valence-corrected chi connectivity index (χ4v) is 2.74. The SMILES string of the molecule is COc1ccc2c(c1Cl)CN(C(=O)OC(C)(C)C)CCC2. The Kier molecular flexibility index (Phi) is 4.67. The van der Waals surface area contributed by atoms with Crippen LogP contribution < -0.4 is 4.74 Å². The molecule has 0 aliphatic carbocycles. The van der Waals surface area contributed by atoms with Gasteiger partial charge in [0.25, 0.3) is 0 Å². The molecule has 0 spiro atoms. The van der Waals surface area contributed by atoms with Crippen LogP contribution in [0.5, 0.6) is 5.75 Å². The first-order valence-corrected chi connectivity index (χ1v) is 7.52. The van der Waals surface area contributed by atoms with Crippen molar-refractivity contribution < 1.29 is 14.3 Å². The molecule has 1 amide bonds. The number of carbonyl (C=O) groups excluding carboxylic acids is 1. The average molecular weight is 312 g/mol. The summed E-state index contributed by atoms with van der Waals surface area (Å²) in [6.07, 6.45) is 1.50. The molecule has 0 saturated heterocycles. The lowest BCUT2D eigenvalue weighted by Crippen LogP contribution is -2.36. The summed E-state index contributed by atoms with van der Waals surface area (Å²) in [5.41, 5.74) is 1.64. The minimum absolute atomic E-state index is 0.297. The molecule has 0 unspecified atom stereocenters. The van der Waals surface area contributed by atoms with Crippen LogP contribution in [-0.4, -0.2) is 30.2 Å². The number of rotatable bonds is 1. The first-order chi connectivity index (χ1) is 9.81. The molecule has 116 valence electrons. The second-order valence-corrected chi connectivity index (χ2v) is 6.60. The van der Waals surface area contributed by atoms with Crippen LogP contribution in [0.4, 0.5) is 4.79 Å². The summed E-state index contributed by atoms with van der Waals surface area (Å²) in [6, 6.07) is 3.91. The molecule has 0 bridgehead atoms. The van der Waals surface area contributed by atoms with Gasteiger partial charge in [-0.3, -0.25) is 0 Å². The standard InChI is InChI=1S/C16H22ClNO3/c1-16(2,3)21-15(19)18-9-5-6-11-7-8-13(20-4)14(17)12(11)10-18/h7-8H,5-6,9-10H2,1-4H3. The third-order valence-electron chi connectivity index (χ3n) is 3.40. The zero-order valence-electron chi connectivity index (χ0n) is 13.0. The Morgan fingerprint density at radius 1 is 1.33 bits per heavy atom. The van der Waals surface area contributed by atoms with Crippen LogP contribution in [0.15, 0.2) is 12.1 Å². The number of nitrogens with zero attached hydrogens (tertiary/aromatic N) is 1. The Morgan fingerprint density at radius 2 is 2.05 bits per heavy atom. The fourth-order valence-electron chi connectivity index (χ4n) is 2.42. The molecule has 0 aromatic heterocycles. The Bertz CT molecular complexity index is 537. The van der Waals surface area contributed by atoms with Crippen LogP contribution in [0.1, 0.15) is 38.3 Å². The Labute approximate surface area is 131 Å². The monoisotopic (exact) mass is 311 g/mol. The van der Waals surface area contributed by atoms with Crippen LogP contribution in [0.25, 0.3) is 0 Å². The summed E-state index contributed by atoms with van der Waals surface area (Å²) in [7, 11) is 1.59. The molecule has 4 nitrogen and oxygen atoms in total. The highest BCUT2D eigenvalue weighted by atomic mass is 35.5. The van der Waals surface area contributed by atoms with Gasteiger partial charge in [0.2, 0.25) is 0 Å². The summed E-state index contributed by atoms with van der Waals surface area (Å²) >= 11 is 6.40. The zero-order chi connectivity index (χ0) is 15.6. The lowest BCUT2D eigenvalue weighted by atomic mass is 10.0. The van der Waals surface area contributed by atoms with Gasteiger partial charge < -0.3 is 14.4 Å². The highest BCUT2D eigenvalue weighted by Crippen LogP contribution is 2.34. The number of carbonyl (C=O) groups is 1. The Morgan fingerprint density at radius 3 is 2.67 bits per heavy atom.